The first-order chi connectivity index (χ1) is 12.8. The van der Waals surface area contributed by atoms with Crippen LogP contribution in [0.1, 0.15) is 17.7 Å². The zero-order valence-electron chi connectivity index (χ0n) is 14.3. The SMILES string of the molecule is BrC1=Cc2c(n(-c3ccc(-c4ccccc4)cc3)c3ccccc23)CC1. The van der Waals surface area contributed by atoms with Gasteiger partial charge in [0.15, 0.2) is 0 Å². The van der Waals surface area contributed by atoms with E-state index in [0.29, 0.717) is 0 Å². The summed E-state index contributed by atoms with van der Waals surface area (Å²) in [4.78, 5) is 0. The summed E-state index contributed by atoms with van der Waals surface area (Å²) in [5.74, 6) is 0. The van der Waals surface area contributed by atoms with Crippen LogP contribution in [-0.2, 0) is 6.42 Å². The van der Waals surface area contributed by atoms with Crippen LogP contribution in [0.25, 0.3) is 33.8 Å². The summed E-state index contributed by atoms with van der Waals surface area (Å²) >= 11 is 3.70. The van der Waals surface area contributed by atoms with Crippen LogP contribution in [0.4, 0.5) is 0 Å². The molecule has 0 atom stereocenters. The smallest absolute Gasteiger partial charge is 0.0537 e. The quantitative estimate of drug-likeness (QED) is 0.342. The van der Waals surface area contributed by atoms with Gasteiger partial charge in [0.2, 0.25) is 0 Å². The molecule has 0 aliphatic heterocycles. The van der Waals surface area contributed by atoms with Crippen molar-refractivity contribution in [1.82, 2.24) is 4.57 Å². The molecule has 0 bridgehead atoms. The Morgan fingerprint density at radius 2 is 1.38 bits per heavy atom. The maximum absolute atomic E-state index is 3.70. The van der Waals surface area contributed by atoms with E-state index in [9.17, 15) is 0 Å². The summed E-state index contributed by atoms with van der Waals surface area (Å²) in [6, 6.07) is 28.2. The molecule has 5 rings (SSSR count). The number of hydrogen-bond donors (Lipinski definition) is 0. The van der Waals surface area contributed by atoms with Crippen molar-refractivity contribution in [3.05, 3.63) is 94.6 Å². The van der Waals surface area contributed by atoms with E-state index >= 15 is 0 Å². The van der Waals surface area contributed by atoms with E-state index in [4.69, 9.17) is 0 Å². The number of hydrogen-bond acceptors (Lipinski definition) is 0. The van der Waals surface area contributed by atoms with Crippen LogP contribution in [0.2, 0.25) is 0 Å². The minimum atomic E-state index is 1.06. The summed E-state index contributed by atoms with van der Waals surface area (Å²) in [6.07, 6.45) is 4.41. The molecule has 2 heteroatoms. The van der Waals surface area contributed by atoms with Crippen LogP contribution in [0.3, 0.4) is 0 Å². The standard InChI is InChI=1S/C24H18BrN/c25-19-12-15-24-22(16-19)21-8-4-5-9-23(21)26(24)20-13-10-18(11-14-20)17-6-2-1-3-7-17/h1-11,13-14,16H,12,15H2. The van der Waals surface area contributed by atoms with Gasteiger partial charge in [0.25, 0.3) is 0 Å². The second-order valence-corrected chi connectivity index (χ2v) is 7.74. The molecule has 1 heterocycles. The number of aromatic nitrogens is 1. The minimum absolute atomic E-state index is 1.06. The van der Waals surface area contributed by atoms with Crippen molar-refractivity contribution in [2.24, 2.45) is 0 Å². The lowest BCUT2D eigenvalue weighted by molar-refractivity contribution is 0.884. The lowest BCUT2D eigenvalue weighted by atomic mass is 10.0. The van der Waals surface area contributed by atoms with Gasteiger partial charge in [-0.05, 0) is 52.7 Å². The van der Waals surface area contributed by atoms with Gasteiger partial charge in [0.1, 0.15) is 0 Å². The van der Waals surface area contributed by atoms with Gasteiger partial charge in [-0.2, -0.15) is 0 Å². The predicted octanol–water partition coefficient (Wildman–Crippen LogP) is 6.98. The Morgan fingerprint density at radius 3 is 2.19 bits per heavy atom. The molecule has 0 saturated carbocycles. The average molecular weight is 400 g/mol. The Labute approximate surface area is 161 Å². The highest BCUT2D eigenvalue weighted by molar-refractivity contribution is 9.11. The van der Waals surface area contributed by atoms with Gasteiger partial charge in [-0.25, -0.2) is 0 Å². The van der Waals surface area contributed by atoms with Crippen molar-refractivity contribution in [3.8, 4) is 16.8 Å². The Kier molecular flexibility index (Phi) is 3.79. The van der Waals surface area contributed by atoms with Crippen molar-refractivity contribution in [1.29, 1.82) is 0 Å². The predicted molar refractivity (Wildman–Crippen MR) is 114 cm³/mol. The number of para-hydroxylation sites is 1. The van der Waals surface area contributed by atoms with Crippen molar-refractivity contribution in [2.75, 3.05) is 0 Å². The fraction of sp³-hybridized carbons (Fsp3) is 0.0833. The maximum atomic E-state index is 3.70. The molecular formula is C24H18BrN. The largest absolute Gasteiger partial charge is 0.313 e. The van der Waals surface area contributed by atoms with Gasteiger partial charge in [-0.1, -0.05) is 76.6 Å². The van der Waals surface area contributed by atoms with Crippen molar-refractivity contribution < 1.29 is 0 Å². The van der Waals surface area contributed by atoms with E-state index in [-0.39, 0.29) is 0 Å². The number of rotatable bonds is 2. The van der Waals surface area contributed by atoms with Crippen molar-refractivity contribution in [3.63, 3.8) is 0 Å². The minimum Gasteiger partial charge on any atom is -0.313 e. The summed E-state index contributed by atoms with van der Waals surface area (Å²) in [6.45, 7) is 0. The Balaban J connectivity index is 1.68. The summed E-state index contributed by atoms with van der Waals surface area (Å²) < 4.78 is 3.71. The van der Waals surface area contributed by atoms with E-state index < -0.39 is 0 Å². The third kappa shape index (κ3) is 2.53. The van der Waals surface area contributed by atoms with Crippen LogP contribution >= 0.6 is 15.9 Å². The molecule has 1 aliphatic rings. The lowest BCUT2D eigenvalue weighted by Gasteiger charge is -2.15. The van der Waals surface area contributed by atoms with E-state index in [2.05, 4.69) is 105 Å². The van der Waals surface area contributed by atoms with E-state index in [1.807, 2.05) is 0 Å². The molecule has 0 radical (unpaired) electrons. The number of halogens is 1. The van der Waals surface area contributed by atoms with Gasteiger partial charge in [-0.3, -0.25) is 0 Å². The van der Waals surface area contributed by atoms with Gasteiger partial charge in [0, 0.05) is 22.3 Å². The third-order valence-electron chi connectivity index (χ3n) is 5.15. The molecule has 126 valence electrons. The van der Waals surface area contributed by atoms with Crippen LogP contribution in [0.15, 0.2) is 83.3 Å². The first-order valence-electron chi connectivity index (χ1n) is 8.95. The van der Waals surface area contributed by atoms with Crippen molar-refractivity contribution >= 4 is 32.9 Å². The Morgan fingerprint density at radius 1 is 0.692 bits per heavy atom. The average Bonchev–Trinajstić information content (AvgIpc) is 3.02. The van der Waals surface area contributed by atoms with E-state index in [1.54, 1.807) is 0 Å². The molecule has 0 amide bonds. The normalized spacial score (nSPS) is 13.5. The van der Waals surface area contributed by atoms with Crippen LogP contribution < -0.4 is 0 Å². The maximum Gasteiger partial charge on any atom is 0.0537 e. The van der Waals surface area contributed by atoms with Crippen LogP contribution in [0, 0.1) is 0 Å². The highest BCUT2D eigenvalue weighted by atomic mass is 79.9. The van der Waals surface area contributed by atoms with Crippen LogP contribution in [-0.4, -0.2) is 4.57 Å². The molecule has 0 N–H and O–H groups in total. The summed E-state index contributed by atoms with van der Waals surface area (Å²) in [5.41, 5.74) is 7.78. The zero-order chi connectivity index (χ0) is 17.5. The molecule has 1 aromatic heterocycles. The summed E-state index contributed by atoms with van der Waals surface area (Å²) in [5, 5.41) is 1.33. The molecule has 0 spiro atoms. The molecule has 26 heavy (non-hydrogen) atoms. The fourth-order valence-corrected chi connectivity index (χ4v) is 4.35. The van der Waals surface area contributed by atoms with E-state index in [1.165, 1.54) is 43.5 Å². The van der Waals surface area contributed by atoms with Gasteiger partial charge >= 0.3 is 0 Å². The van der Waals surface area contributed by atoms with Gasteiger partial charge in [-0.15, -0.1) is 0 Å². The topological polar surface area (TPSA) is 4.93 Å². The molecule has 1 aliphatic carbocycles. The molecule has 0 saturated heterocycles. The van der Waals surface area contributed by atoms with E-state index in [0.717, 1.165) is 12.8 Å². The third-order valence-corrected chi connectivity index (χ3v) is 5.78. The monoisotopic (exact) mass is 399 g/mol. The number of fused-ring (bicyclic) bond motifs is 3. The summed E-state index contributed by atoms with van der Waals surface area (Å²) in [7, 11) is 0. The first kappa shape index (κ1) is 15.7. The Bertz CT molecular complexity index is 1120. The zero-order valence-corrected chi connectivity index (χ0v) is 15.9. The second-order valence-electron chi connectivity index (χ2n) is 6.72. The van der Waals surface area contributed by atoms with Crippen molar-refractivity contribution in [2.45, 2.75) is 12.8 Å². The molecule has 1 nitrogen and oxygen atoms in total. The number of allylic oxidation sites excluding steroid dienone is 1. The molecule has 0 fully saturated rings. The molecule has 3 aromatic carbocycles. The Hall–Kier alpha value is -2.58. The van der Waals surface area contributed by atoms with Gasteiger partial charge in [0.05, 0.1) is 5.52 Å². The number of nitrogens with zero attached hydrogens (tertiary/aromatic N) is 1. The molecule has 4 aromatic rings. The second kappa shape index (κ2) is 6.30. The molecular weight excluding hydrogens is 382 g/mol. The number of benzene rings is 3. The highest BCUT2D eigenvalue weighted by Crippen LogP contribution is 2.37. The van der Waals surface area contributed by atoms with Crippen LogP contribution in [0.5, 0.6) is 0 Å². The fourth-order valence-electron chi connectivity index (χ4n) is 3.92. The molecule has 0 unspecified atom stereocenters. The highest BCUT2D eigenvalue weighted by Gasteiger charge is 2.20. The lowest BCUT2D eigenvalue weighted by Crippen LogP contribution is -2.03. The van der Waals surface area contributed by atoms with Gasteiger partial charge < -0.3 is 4.57 Å². The first-order valence-corrected chi connectivity index (χ1v) is 9.75.